The molecule has 3 aliphatic rings. The Hall–Kier alpha value is -3.75. The van der Waals surface area contributed by atoms with Gasteiger partial charge in [-0.25, -0.2) is 13.9 Å². The third-order valence-corrected chi connectivity index (χ3v) is 8.65. The van der Waals surface area contributed by atoms with Gasteiger partial charge in [0.25, 0.3) is 11.3 Å². The largest absolute Gasteiger partial charge is 0.469 e. The molecular formula is C27H26N4O10P+. The first-order valence-corrected chi connectivity index (χ1v) is 14.6. The van der Waals surface area contributed by atoms with Crippen LogP contribution in [0.3, 0.4) is 0 Å². The van der Waals surface area contributed by atoms with E-state index in [9.17, 15) is 28.7 Å². The Morgan fingerprint density at radius 3 is 2.57 bits per heavy atom. The second kappa shape index (κ2) is 9.12. The molecule has 7 rings (SSSR count). The van der Waals surface area contributed by atoms with Crippen LogP contribution in [0.4, 0.5) is 0 Å². The molecule has 0 amide bonds. The van der Waals surface area contributed by atoms with Gasteiger partial charge in [-0.1, -0.05) is 0 Å². The van der Waals surface area contributed by atoms with E-state index in [1.54, 1.807) is 6.08 Å². The molecule has 5 atom stereocenters. The number of hydrogen-bond donors (Lipinski definition) is 4. The number of fused-ring (bicyclic) bond motifs is 6. The fourth-order valence-corrected chi connectivity index (χ4v) is 6.65. The number of rotatable bonds is 4. The fourth-order valence-electron chi connectivity index (χ4n) is 6.30. The van der Waals surface area contributed by atoms with E-state index in [2.05, 4.69) is 9.97 Å². The van der Waals surface area contributed by atoms with Gasteiger partial charge in [-0.3, -0.25) is 23.7 Å². The monoisotopic (exact) mass is 597 g/mol. The number of ether oxygens (including phenoxy) is 3. The Kier molecular flexibility index (Phi) is 5.89. The van der Waals surface area contributed by atoms with Crippen LogP contribution in [0, 0.1) is 13.8 Å². The molecule has 0 unspecified atom stereocenters. The van der Waals surface area contributed by atoms with Crippen LogP contribution in [0.2, 0.25) is 0 Å². The molecule has 2 aliphatic heterocycles. The first-order chi connectivity index (χ1) is 19.9. The molecule has 42 heavy (non-hydrogen) atoms. The Morgan fingerprint density at radius 2 is 1.83 bits per heavy atom. The Morgan fingerprint density at radius 1 is 1.07 bits per heavy atom. The zero-order valence-electron chi connectivity index (χ0n) is 22.6. The predicted molar refractivity (Wildman–Crippen MR) is 145 cm³/mol. The molecule has 1 aliphatic carbocycles. The predicted octanol–water partition coefficient (Wildman–Crippen LogP) is 0.852. The number of hydrogen-bond acceptors (Lipinski definition) is 8. The van der Waals surface area contributed by atoms with Gasteiger partial charge in [0, 0.05) is 34.8 Å². The molecule has 0 radical (unpaired) electrons. The summed E-state index contributed by atoms with van der Waals surface area (Å²) >= 11 is 0. The Bertz CT molecular complexity index is 2020. The van der Waals surface area contributed by atoms with E-state index >= 15 is 0 Å². The topological polar surface area (TPSA) is 186 Å². The molecule has 1 spiro atoms. The van der Waals surface area contributed by atoms with E-state index in [1.807, 2.05) is 43.9 Å². The number of carbonyl (C=O) groups is 1. The zero-order chi connectivity index (χ0) is 29.7. The molecule has 3 aromatic heterocycles. The first kappa shape index (κ1) is 27.1. The maximum atomic E-state index is 13.8. The van der Waals surface area contributed by atoms with Crippen LogP contribution in [-0.2, 0) is 40.9 Å². The average molecular weight is 597 g/mol. The molecule has 15 heteroatoms. The highest BCUT2D eigenvalue weighted by Gasteiger charge is 2.64. The van der Waals surface area contributed by atoms with Crippen LogP contribution < -0.4 is 15.8 Å². The summed E-state index contributed by atoms with van der Waals surface area (Å²) in [5.41, 5.74) is 2.26. The summed E-state index contributed by atoms with van der Waals surface area (Å²) in [5, 5.41) is 2.74. The Labute approximate surface area is 236 Å². The van der Waals surface area contributed by atoms with Crippen molar-refractivity contribution >= 4 is 41.4 Å². The van der Waals surface area contributed by atoms with Gasteiger partial charge in [0.05, 0.1) is 17.7 Å². The van der Waals surface area contributed by atoms with Crippen molar-refractivity contribution in [1.82, 2.24) is 14.5 Å². The number of nitrogens with one attached hydrogen (secondary N) is 2. The van der Waals surface area contributed by atoms with Gasteiger partial charge in [0.1, 0.15) is 25.4 Å². The number of nitrogens with zero attached hydrogens (tertiary/aromatic N) is 2. The molecule has 14 nitrogen and oxygen atoms in total. The molecule has 2 fully saturated rings. The van der Waals surface area contributed by atoms with Crippen molar-refractivity contribution < 1.29 is 42.4 Å². The van der Waals surface area contributed by atoms with Crippen LogP contribution in [0.1, 0.15) is 28.6 Å². The lowest BCUT2D eigenvalue weighted by atomic mass is 9.89. The average Bonchev–Trinajstić information content (AvgIpc) is 3.59. The third kappa shape index (κ3) is 3.92. The summed E-state index contributed by atoms with van der Waals surface area (Å²) in [6, 6.07) is 3.14. The van der Waals surface area contributed by atoms with Gasteiger partial charge in [-0.2, -0.15) is 0 Å². The normalized spacial score (nSPS) is 26.9. The van der Waals surface area contributed by atoms with E-state index in [4.69, 9.17) is 18.7 Å². The van der Waals surface area contributed by atoms with E-state index in [0.717, 1.165) is 43.4 Å². The molecule has 4 N–H and O–H groups in total. The highest BCUT2D eigenvalue weighted by Crippen LogP contribution is 2.53. The smallest absolute Gasteiger partial charge is 0.354 e. The highest BCUT2D eigenvalue weighted by molar-refractivity contribution is 7.46. The highest BCUT2D eigenvalue weighted by atomic mass is 31.2. The molecule has 0 saturated carbocycles. The lowest BCUT2D eigenvalue weighted by Crippen LogP contribution is -2.42. The maximum Gasteiger partial charge on any atom is 0.469 e. The summed E-state index contributed by atoms with van der Waals surface area (Å²) in [6.07, 6.45) is 3.59. The van der Waals surface area contributed by atoms with Crippen LogP contribution in [0.5, 0.6) is 0 Å². The molecule has 0 bridgehead atoms. The quantitative estimate of drug-likeness (QED) is 0.194. The first-order valence-electron chi connectivity index (χ1n) is 13.1. The van der Waals surface area contributed by atoms with Gasteiger partial charge in [0.2, 0.25) is 5.78 Å². The molecule has 4 aromatic rings. The fraction of sp³-hybridized carbons (Fsp3) is 0.333. The lowest BCUT2D eigenvalue weighted by Gasteiger charge is -2.31. The summed E-state index contributed by atoms with van der Waals surface area (Å²) in [5.74, 6) is -2.48. The maximum absolute atomic E-state index is 13.8. The number of phosphoric acid groups is 1. The van der Waals surface area contributed by atoms with E-state index in [0.29, 0.717) is 11.3 Å². The molecular weight excluding hydrogens is 571 g/mol. The van der Waals surface area contributed by atoms with Crippen molar-refractivity contribution in [3.05, 3.63) is 80.0 Å². The summed E-state index contributed by atoms with van der Waals surface area (Å²) in [4.78, 5) is 62.5. The molecule has 5 heterocycles. The van der Waals surface area contributed by atoms with Crippen molar-refractivity contribution in [2.24, 2.45) is 7.05 Å². The van der Waals surface area contributed by atoms with Crippen LogP contribution >= 0.6 is 7.82 Å². The van der Waals surface area contributed by atoms with Gasteiger partial charge in [-0.05, 0) is 42.5 Å². The van der Waals surface area contributed by atoms with Crippen LogP contribution in [0.15, 0.2) is 46.4 Å². The number of aromatic nitrogens is 4. The van der Waals surface area contributed by atoms with Crippen molar-refractivity contribution in [3.8, 4) is 0 Å². The second-order valence-corrected chi connectivity index (χ2v) is 11.9. The van der Waals surface area contributed by atoms with Crippen molar-refractivity contribution in [2.45, 2.75) is 44.2 Å². The van der Waals surface area contributed by atoms with Gasteiger partial charge >= 0.3 is 13.5 Å². The Balaban J connectivity index is 1.42. The van der Waals surface area contributed by atoms with E-state index < -0.39 is 61.8 Å². The van der Waals surface area contributed by atoms with Crippen molar-refractivity contribution in [2.75, 3.05) is 6.61 Å². The number of carbonyl (C=O) groups excluding carboxylic acids is 1. The van der Waals surface area contributed by atoms with Crippen molar-refractivity contribution in [1.29, 1.82) is 0 Å². The van der Waals surface area contributed by atoms with Gasteiger partial charge in [0.15, 0.2) is 18.6 Å². The number of aromatic amines is 2. The van der Waals surface area contributed by atoms with Gasteiger partial charge in [-0.15, -0.1) is 0 Å². The minimum atomic E-state index is -4.91. The zero-order valence-corrected chi connectivity index (χ0v) is 23.5. The summed E-state index contributed by atoms with van der Waals surface area (Å²) in [7, 11) is -2.99. The number of aryl methyl sites for hydroxylation is 3. The third-order valence-electron chi connectivity index (χ3n) is 8.16. The number of benzene rings is 1. The molecule has 1 aromatic carbocycles. The van der Waals surface area contributed by atoms with Gasteiger partial charge < -0.3 is 29.0 Å². The molecule has 218 valence electrons. The van der Waals surface area contributed by atoms with Crippen molar-refractivity contribution in [3.63, 3.8) is 0 Å². The molecule has 2 saturated heterocycles. The van der Waals surface area contributed by atoms with Crippen LogP contribution in [0.25, 0.3) is 27.8 Å². The lowest BCUT2D eigenvalue weighted by molar-refractivity contribution is -0.670. The minimum absolute atomic E-state index is 0.454. The summed E-state index contributed by atoms with van der Waals surface area (Å²) in [6.45, 7) is 3.31. The second-order valence-electron chi connectivity index (χ2n) is 10.7. The number of phosphoric ester groups is 1. The standard InChI is InChI=1S/C27H25N4O10P/c1-12-15-10-30(3)8-6-14(15)13(2)22-20(12)21-16(28-22)4-5-18(32)27(21)40-23-17(11-38-42(35,36)37)39-25(24(23)41-27)31-9-7-19(33)29-26(31)34/h4-10,17,23-25H,11H2,1-3H3,(H3,29,33,34,35,36,37)/p+1/t17-,23-,24-,25-,27-/m1/s1. The number of pyridine rings is 1. The SMILES string of the molecule is Cc1c2cc[n+](C)cc2c(C)c2c3c([nH]c12)C=CC(=O)[C@@]31O[C@@H]2[C@H](O1)[C@@H](COP(=O)(O)O)O[C@H]2n1ccc(=O)[nH]c1=O. The van der Waals surface area contributed by atoms with E-state index in [1.165, 1.54) is 12.3 Å². The van der Waals surface area contributed by atoms with Crippen LogP contribution in [-0.4, -0.2) is 55.0 Å². The minimum Gasteiger partial charge on any atom is -0.354 e. The number of ketones is 1. The summed E-state index contributed by atoms with van der Waals surface area (Å²) < 4.78 is 38.2. The number of H-pyrrole nitrogens is 2. The van der Waals surface area contributed by atoms with E-state index in [-0.39, 0.29) is 0 Å².